The topological polar surface area (TPSA) is 24.1 Å². The van der Waals surface area contributed by atoms with Crippen molar-refractivity contribution in [2.24, 2.45) is 5.92 Å². The molecule has 92 valence electrons. The first kappa shape index (κ1) is 14.0. The van der Waals surface area contributed by atoms with Crippen molar-refractivity contribution in [2.75, 3.05) is 26.2 Å². The molecule has 2 heterocycles. The van der Waals surface area contributed by atoms with Crippen LogP contribution >= 0.6 is 23.7 Å². The summed E-state index contributed by atoms with van der Waals surface area (Å²) in [5.74, 6) is 0.898. The van der Waals surface area contributed by atoms with E-state index in [2.05, 4.69) is 28.1 Å². The van der Waals surface area contributed by atoms with E-state index in [0.29, 0.717) is 0 Å². The SMILES string of the molecule is Cl.c1csc(CCNCC2CCNCC2)c1. The quantitative estimate of drug-likeness (QED) is 0.794. The maximum atomic E-state index is 3.57. The average molecular weight is 261 g/mol. The van der Waals surface area contributed by atoms with Gasteiger partial charge in [0.05, 0.1) is 0 Å². The summed E-state index contributed by atoms with van der Waals surface area (Å²) in [5.41, 5.74) is 0. The second-order valence-corrected chi connectivity index (χ2v) is 5.26. The smallest absolute Gasteiger partial charge is 0.00578 e. The van der Waals surface area contributed by atoms with Gasteiger partial charge in [0.2, 0.25) is 0 Å². The van der Waals surface area contributed by atoms with Gasteiger partial charge in [-0.3, -0.25) is 0 Å². The Bertz CT molecular complexity index is 258. The molecule has 0 atom stereocenters. The highest BCUT2D eigenvalue weighted by Crippen LogP contribution is 2.10. The van der Waals surface area contributed by atoms with Gasteiger partial charge in [0.15, 0.2) is 0 Å². The van der Waals surface area contributed by atoms with Crippen LogP contribution < -0.4 is 10.6 Å². The predicted molar refractivity (Wildman–Crippen MR) is 73.7 cm³/mol. The lowest BCUT2D eigenvalue weighted by Crippen LogP contribution is -2.34. The van der Waals surface area contributed by atoms with E-state index in [0.717, 1.165) is 12.5 Å². The predicted octanol–water partition coefficient (Wildman–Crippen LogP) is 2.30. The van der Waals surface area contributed by atoms with Crippen molar-refractivity contribution in [3.63, 3.8) is 0 Å². The highest BCUT2D eigenvalue weighted by molar-refractivity contribution is 7.09. The summed E-state index contributed by atoms with van der Waals surface area (Å²) in [7, 11) is 0. The first-order valence-electron chi connectivity index (χ1n) is 5.89. The molecular weight excluding hydrogens is 240 g/mol. The Hall–Kier alpha value is -0.0900. The van der Waals surface area contributed by atoms with Gasteiger partial charge in [-0.05, 0) is 62.8 Å². The second kappa shape index (κ2) is 8.07. The standard InChI is InChI=1S/C12H20N2S.ClH/c1-2-12(15-9-1)5-8-14-10-11-3-6-13-7-4-11;/h1-2,9,11,13-14H,3-8,10H2;1H. The molecule has 16 heavy (non-hydrogen) atoms. The van der Waals surface area contributed by atoms with Gasteiger partial charge in [-0.2, -0.15) is 0 Å². The first-order valence-corrected chi connectivity index (χ1v) is 6.77. The Balaban J connectivity index is 0.00000128. The highest BCUT2D eigenvalue weighted by Gasteiger charge is 2.11. The summed E-state index contributed by atoms with van der Waals surface area (Å²) in [4.78, 5) is 1.49. The molecule has 0 aliphatic carbocycles. The Labute approximate surface area is 108 Å². The fourth-order valence-electron chi connectivity index (χ4n) is 2.06. The Kier molecular flexibility index (Phi) is 7.05. The molecule has 1 aliphatic rings. The Morgan fingerprint density at radius 1 is 1.38 bits per heavy atom. The molecule has 4 heteroatoms. The van der Waals surface area contributed by atoms with Crippen LogP contribution in [-0.2, 0) is 6.42 Å². The maximum Gasteiger partial charge on any atom is 0.00578 e. The molecule has 2 nitrogen and oxygen atoms in total. The average Bonchev–Trinajstić information content (AvgIpc) is 2.79. The zero-order valence-corrected chi connectivity index (χ0v) is 11.2. The van der Waals surface area contributed by atoms with E-state index in [-0.39, 0.29) is 12.4 Å². The molecule has 1 aliphatic heterocycles. The lowest BCUT2D eigenvalue weighted by atomic mass is 9.98. The van der Waals surface area contributed by atoms with Crippen molar-refractivity contribution >= 4 is 23.7 Å². The summed E-state index contributed by atoms with van der Waals surface area (Å²) >= 11 is 1.86. The number of thiophene rings is 1. The Morgan fingerprint density at radius 3 is 2.88 bits per heavy atom. The van der Waals surface area contributed by atoms with Crippen molar-refractivity contribution in [3.05, 3.63) is 22.4 Å². The maximum absolute atomic E-state index is 3.57. The number of hydrogen-bond acceptors (Lipinski definition) is 3. The van der Waals surface area contributed by atoms with E-state index in [1.807, 2.05) is 11.3 Å². The van der Waals surface area contributed by atoms with Crippen LogP contribution in [-0.4, -0.2) is 26.2 Å². The van der Waals surface area contributed by atoms with Gasteiger partial charge >= 0.3 is 0 Å². The number of halogens is 1. The van der Waals surface area contributed by atoms with Gasteiger partial charge in [0, 0.05) is 4.88 Å². The fourth-order valence-corrected chi connectivity index (χ4v) is 2.77. The monoisotopic (exact) mass is 260 g/mol. The molecule has 1 saturated heterocycles. The summed E-state index contributed by atoms with van der Waals surface area (Å²) in [6.07, 6.45) is 3.86. The van der Waals surface area contributed by atoms with Crippen LogP contribution in [0.25, 0.3) is 0 Å². The van der Waals surface area contributed by atoms with Crippen LogP contribution in [0, 0.1) is 5.92 Å². The van der Waals surface area contributed by atoms with Gasteiger partial charge in [0.1, 0.15) is 0 Å². The molecule has 1 aromatic rings. The van der Waals surface area contributed by atoms with Gasteiger partial charge in [-0.25, -0.2) is 0 Å². The molecular formula is C12H21ClN2S. The van der Waals surface area contributed by atoms with Crippen LogP contribution in [0.4, 0.5) is 0 Å². The normalized spacial score (nSPS) is 17.0. The van der Waals surface area contributed by atoms with Gasteiger partial charge in [-0.15, -0.1) is 23.7 Å². The number of rotatable bonds is 5. The van der Waals surface area contributed by atoms with E-state index >= 15 is 0 Å². The van der Waals surface area contributed by atoms with Crippen LogP contribution in [0.15, 0.2) is 17.5 Å². The molecule has 1 fully saturated rings. The zero-order chi connectivity index (χ0) is 10.3. The largest absolute Gasteiger partial charge is 0.317 e. The van der Waals surface area contributed by atoms with Crippen LogP contribution in [0.1, 0.15) is 17.7 Å². The lowest BCUT2D eigenvalue weighted by Gasteiger charge is -2.22. The molecule has 0 radical (unpaired) electrons. The highest BCUT2D eigenvalue weighted by atomic mass is 35.5. The van der Waals surface area contributed by atoms with E-state index in [1.165, 1.54) is 43.8 Å². The number of nitrogens with one attached hydrogen (secondary N) is 2. The van der Waals surface area contributed by atoms with Gasteiger partial charge < -0.3 is 10.6 Å². The summed E-state index contributed by atoms with van der Waals surface area (Å²) in [6.45, 7) is 4.74. The van der Waals surface area contributed by atoms with E-state index in [4.69, 9.17) is 0 Å². The molecule has 0 bridgehead atoms. The van der Waals surface area contributed by atoms with Gasteiger partial charge in [-0.1, -0.05) is 6.07 Å². The summed E-state index contributed by atoms with van der Waals surface area (Å²) < 4.78 is 0. The molecule has 0 unspecified atom stereocenters. The molecule has 0 aromatic carbocycles. The summed E-state index contributed by atoms with van der Waals surface area (Å²) in [5, 5.41) is 9.13. The number of piperidine rings is 1. The second-order valence-electron chi connectivity index (χ2n) is 4.23. The fraction of sp³-hybridized carbons (Fsp3) is 0.667. The van der Waals surface area contributed by atoms with Crippen LogP contribution in [0.3, 0.4) is 0 Å². The minimum Gasteiger partial charge on any atom is -0.317 e. The third-order valence-corrected chi connectivity index (χ3v) is 3.96. The van der Waals surface area contributed by atoms with Gasteiger partial charge in [0.25, 0.3) is 0 Å². The molecule has 0 spiro atoms. The van der Waals surface area contributed by atoms with Crippen molar-refractivity contribution in [1.82, 2.24) is 10.6 Å². The molecule has 0 saturated carbocycles. The first-order chi connectivity index (χ1) is 7.45. The van der Waals surface area contributed by atoms with Crippen LogP contribution in [0.2, 0.25) is 0 Å². The number of hydrogen-bond donors (Lipinski definition) is 2. The Morgan fingerprint density at radius 2 is 2.19 bits per heavy atom. The van der Waals surface area contributed by atoms with E-state index in [9.17, 15) is 0 Å². The minimum absolute atomic E-state index is 0. The third kappa shape index (κ3) is 4.83. The molecule has 0 amide bonds. The lowest BCUT2D eigenvalue weighted by molar-refractivity contribution is 0.358. The zero-order valence-electron chi connectivity index (χ0n) is 9.58. The molecule has 1 aromatic heterocycles. The van der Waals surface area contributed by atoms with Crippen molar-refractivity contribution in [3.8, 4) is 0 Å². The molecule has 2 rings (SSSR count). The van der Waals surface area contributed by atoms with Crippen molar-refractivity contribution in [2.45, 2.75) is 19.3 Å². The van der Waals surface area contributed by atoms with Crippen LogP contribution in [0.5, 0.6) is 0 Å². The summed E-state index contributed by atoms with van der Waals surface area (Å²) in [6, 6.07) is 4.35. The van der Waals surface area contributed by atoms with E-state index in [1.54, 1.807) is 0 Å². The van der Waals surface area contributed by atoms with E-state index < -0.39 is 0 Å². The van der Waals surface area contributed by atoms with Crippen molar-refractivity contribution in [1.29, 1.82) is 0 Å². The van der Waals surface area contributed by atoms with Crippen molar-refractivity contribution < 1.29 is 0 Å². The minimum atomic E-state index is 0. The molecule has 2 N–H and O–H groups in total. The third-order valence-electron chi connectivity index (χ3n) is 3.02.